The van der Waals surface area contributed by atoms with Gasteiger partial charge < -0.3 is 16.4 Å². The Balaban J connectivity index is 2.14. The highest BCUT2D eigenvalue weighted by Gasteiger charge is 2.34. The van der Waals surface area contributed by atoms with Gasteiger partial charge in [-0.15, -0.1) is 0 Å². The maximum Gasteiger partial charge on any atom is 0.418 e. The van der Waals surface area contributed by atoms with E-state index in [2.05, 4.69) is 5.32 Å². The number of hydrogen-bond donors (Lipinski definition) is 3. The van der Waals surface area contributed by atoms with Crippen molar-refractivity contribution in [1.29, 1.82) is 0 Å². The first kappa shape index (κ1) is 17.3. The van der Waals surface area contributed by atoms with Crippen molar-refractivity contribution in [3.8, 4) is 0 Å². The summed E-state index contributed by atoms with van der Waals surface area (Å²) < 4.78 is 38.6. The maximum atomic E-state index is 12.9. The molecule has 8 heteroatoms. The molecule has 5 nitrogen and oxygen atoms in total. The average molecular weight is 337 g/mol. The molecule has 0 saturated heterocycles. The number of nitrogen functional groups attached to an aromatic ring is 1. The topological polar surface area (TPSA) is 84.2 Å². The zero-order valence-electron chi connectivity index (χ0n) is 12.6. The van der Waals surface area contributed by atoms with Crippen LogP contribution in [0.5, 0.6) is 0 Å². The number of nitrogens with one attached hydrogen (secondary N) is 2. The molecule has 0 aliphatic carbocycles. The number of para-hydroxylation sites is 1. The molecule has 0 radical (unpaired) electrons. The molecular weight excluding hydrogens is 323 g/mol. The predicted octanol–water partition coefficient (Wildman–Crippen LogP) is 3.17. The molecule has 0 fully saturated rings. The number of rotatable bonds is 2. The lowest BCUT2D eigenvalue weighted by molar-refractivity contribution is -0.137. The summed E-state index contributed by atoms with van der Waals surface area (Å²) >= 11 is 0. The first-order chi connectivity index (χ1) is 11.2. The Labute approximate surface area is 135 Å². The van der Waals surface area contributed by atoms with E-state index in [1.54, 1.807) is 19.1 Å². The van der Waals surface area contributed by atoms with Crippen LogP contribution in [0.15, 0.2) is 42.5 Å². The number of nitrogens with two attached hydrogens (primary N) is 1. The van der Waals surface area contributed by atoms with Crippen LogP contribution < -0.4 is 16.4 Å². The van der Waals surface area contributed by atoms with E-state index in [0.29, 0.717) is 0 Å². The zero-order valence-corrected chi connectivity index (χ0v) is 12.6. The van der Waals surface area contributed by atoms with Crippen LogP contribution in [-0.2, 0) is 15.8 Å². The fourth-order valence-corrected chi connectivity index (χ4v) is 1.99. The minimum Gasteiger partial charge on any atom is -0.397 e. The number of halogens is 3. The molecule has 0 bridgehead atoms. The van der Waals surface area contributed by atoms with Gasteiger partial charge in [-0.3, -0.25) is 9.59 Å². The summed E-state index contributed by atoms with van der Waals surface area (Å²) in [6.07, 6.45) is -4.65. The third-order valence-electron chi connectivity index (χ3n) is 3.14. The van der Waals surface area contributed by atoms with Crippen molar-refractivity contribution in [3.05, 3.63) is 53.6 Å². The molecule has 0 heterocycles. The minimum absolute atomic E-state index is 0.199. The van der Waals surface area contributed by atoms with Crippen LogP contribution in [0.3, 0.4) is 0 Å². The summed E-state index contributed by atoms with van der Waals surface area (Å²) in [5, 5.41) is 4.21. The van der Waals surface area contributed by atoms with E-state index in [0.717, 1.165) is 17.7 Å². The van der Waals surface area contributed by atoms with Crippen molar-refractivity contribution in [2.24, 2.45) is 0 Å². The second-order valence-corrected chi connectivity index (χ2v) is 5.04. The molecule has 0 aliphatic rings. The van der Waals surface area contributed by atoms with Crippen LogP contribution in [0.4, 0.5) is 30.2 Å². The zero-order chi connectivity index (χ0) is 17.9. The SMILES string of the molecule is Cc1ccc(NC(=O)C(=O)Nc2ccccc2C(F)(F)F)c(N)c1. The fraction of sp³-hybridized carbons (Fsp3) is 0.125. The molecule has 2 amide bonds. The van der Waals surface area contributed by atoms with Gasteiger partial charge in [-0.1, -0.05) is 18.2 Å². The Morgan fingerprint density at radius 2 is 1.54 bits per heavy atom. The molecule has 0 unspecified atom stereocenters. The first-order valence-electron chi connectivity index (χ1n) is 6.83. The van der Waals surface area contributed by atoms with E-state index in [1.807, 2.05) is 5.32 Å². The quantitative estimate of drug-likeness (QED) is 0.581. The molecule has 2 aromatic carbocycles. The normalized spacial score (nSPS) is 11.0. The van der Waals surface area contributed by atoms with Crippen LogP contribution in [0.1, 0.15) is 11.1 Å². The van der Waals surface area contributed by atoms with Gasteiger partial charge in [0.2, 0.25) is 0 Å². The largest absolute Gasteiger partial charge is 0.418 e. The van der Waals surface area contributed by atoms with Crippen molar-refractivity contribution < 1.29 is 22.8 Å². The molecule has 0 atom stereocenters. The molecular formula is C16H14F3N3O2. The summed E-state index contributed by atoms with van der Waals surface area (Å²) in [6, 6.07) is 9.14. The highest BCUT2D eigenvalue weighted by molar-refractivity contribution is 6.44. The lowest BCUT2D eigenvalue weighted by Crippen LogP contribution is -2.30. The Kier molecular flexibility index (Phi) is 4.77. The van der Waals surface area contributed by atoms with Crippen molar-refractivity contribution in [2.75, 3.05) is 16.4 Å². The van der Waals surface area contributed by atoms with E-state index in [4.69, 9.17) is 5.73 Å². The molecule has 0 saturated carbocycles. The monoisotopic (exact) mass is 337 g/mol. The maximum absolute atomic E-state index is 12.9. The smallest absolute Gasteiger partial charge is 0.397 e. The number of anilines is 3. The van der Waals surface area contributed by atoms with E-state index in [9.17, 15) is 22.8 Å². The number of amides is 2. The third-order valence-corrected chi connectivity index (χ3v) is 3.14. The Morgan fingerprint density at radius 3 is 2.12 bits per heavy atom. The van der Waals surface area contributed by atoms with Gasteiger partial charge in [0.1, 0.15) is 0 Å². The highest BCUT2D eigenvalue weighted by atomic mass is 19.4. The van der Waals surface area contributed by atoms with Crippen molar-refractivity contribution in [1.82, 2.24) is 0 Å². The lowest BCUT2D eigenvalue weighted by Gasteiger charge is -2.13. The van der Waals surface area contributed by atoms with Crippen molar-refractivity contribution >= 4 is 28.9 Å². The molecule has 2 aromatic rings. The molecule has 24 heavy (non-hydrogen) atoms. The van der Waals surface area contributed by atoms with Crippen LogP contribution in [0.25, 0.3) is 0 Å². The van der Waals surface area contributed by atoms with Gasteiger partial charge in [0.25, 0.3) is 0 Å². The molecule has 2 rings (SSSR count). The summed E-state index contributed by atoms with van der Waals surface area (Å²) in [6.45, 7) is 1.79. The van der Waals surface area contributed by atoms with Gasteiger partial charge in [-0.25, -0.2) is 0 Å². The molecule has 0 aromatic heterocycles. The number of alkyl halides is 3. The van der Waals surface area contributed by atoms with Gasteiger partial charge in [-0.2, -0.15) is 13.2 Å². The standard InChI is InChI=1S/C16H14F3N3O2/c1-9-6-7-13(11(20)8-9)22-15(24)14(23)21-12-5-3-2-4-10(12)16(17,18)19/h2-8H,20H2,1H3,(H,21,23)(H,22,24). The van der Waals surface area contributed by atoms with E-state index >= 15 is 0 Å². The number of hydrogen-bond acceptors (Lipinski definition) is 3. The Bertz CT molecular complexity index is 788. The van der Waals surface area contributed by atoms with Crippen LogP contribution in [0, 0.1) is 6.92 Å². The number of carbonyl (C=O) groups is 2. The Hall–Kier alpha value is -3.03. The summed E-state index contributed by atoms with van der Waals surface area (Å²) in [5.74, 6) is -2.35. The van der Waals surface area contributed by atoms with Crippen LogP contribution in [-0.4, -0.2) is 11.8 Å². The number of benzene rings is 2. The van der Waals surface area contributed by atoms with Crippen molar-refractivity contribution in [2.45, 2.75) is 13.1 Å². The van der Waals surface area contributed by atoms with Gasteiger partial charge in [0.15, 0.2) is 0 Å². The summed E-state index contributed by atoms with van der Waals surface area (Å²) in [5.41, 5.74) is 5.47. The summed E-state index contributed by atoms with van der Waals surface area (Å²) in [4.78, 5) is 23.7. The molecule has 126 valence electrons. The molecule has 0 spiro atoms. The number of carbonyl (C=O) groups excluding carboxylic acids is 2. The van der Waals surface area contributed by atoms with E-state index in [1.165, 1.54) is 18.2 Å². The second-order valence-electron chi connectivity index (χ2n) is 5.04. The van der Waals surface area contributed by atoms with Gasteiger partial charge in [0, 0.05) is 0 Å². The van der Waals surface area contributed by atoms with E-state index in [-0.39, 0.29) is 11.4 Å². The van der Waals surface area contributed by atoms with Crippen molar-refractivity contribution in [3.63, 3.8) is 0 Å². The molecule has 4 N–H and O–H groups in total. The van der Waals surface area contributed by atoms with Crippen LogP contribution >= 0.6 is 0 Å². The minimum atomic E-state index is -4.65. The van der Waals surface area contributed by atoms with Crippen LogP contribution in [0.2, 0.25) is 0 Å². The lowest BCUT2D eigenvalue weighted by atomic mass is 10.1. The van der Waals surface area contributed by atoms with Gasteiger partial charge in [-0.05, 0) is 36.8 Å². The third kappa shape index (κ3) is 4.03. The first-order valence-corrected chi connectivity index (χ1v) is 6.83. The highest BCUT2D eigenvalue weighted by Crippen LogP contribution is 2.34. The molecule has 0 aliphatic heterocycles. The predicted molar refractivity (Wildman–Crippen MR) is 84.3 cm³/mol. The van der Waals surface area contributed by atoms with Gasteiger partial charge in [0.05, 0.1) is 22.6 Å². The van der Waals surface area contributed by atoms with E-state index < -0.39 is 29.2 Å². The Morgan fingerprint density at radius 1 is 0.958 bits per heavy atom. The second kappa shape index (κ2) is 6.61. The average Bonchev–Trinajstić information content (AvgIpc) is 2.49. The summed E-state index contributed by atoms with van der Waals surface area (Å²) in [7, 11) is 0. The fourth-order valence-electron chi connectivity index (χ4n) is 1.99. The van der Waals surface area contributed by atoms with Gasteiger partial charge >= 0.3 is 18.0 Å². The number of aryl methyl sites for hydroxylation is 1.